The lowest BCUT2D eigenvalue weighted by Gasteiger charge is -2.08. The van der Waals surface area contributed by atoms with E-state index in [1.165, 1.54) is 18.7 Å². The third-order valence-electron chi connectivity index (χ3n) is 2.95. The fourth-order valence-electron chi connectivity index (χ4n) is 1.96. The number of aromatic amines is 1. The Balaban J connectivity index is 1.92. The van der Waals surface area contributed by atoms with Crippen molar-refractivity contribution in [3.05, 3.63) is 51.6 Å². The Morgan fingerprint density at radius 1 is 1.33 bits per heavy atom. The Labute approximate surface area is 123 Å². The number of nitro benzene ring substituents is 1. The molecule has 2 heterocycles. The molecule has 0 amide bonds. The van der Waals surface area contributed by atoms with Crippen molar-refractivity contribution < 1.29 is 4.92 Å². The molecule has 21 heavy (non-hydrogen) atoms. The number of nitrogens with zero attached hydrogens (tertiary/aromatic N) is 4. The molecular weight excluding hydrogens is 296 g/mol. The minimum Gasteiger partial charge on any atom is -0.364 e. The molecule has 0 fully saturated rings. The van der Waals surface area contributed by atoms with Gasteiger partial charge in [-0.25, -0.2) is 15.0 Å². The molecule has 0 aliphatic rings. The van der Waals surface area contributed by atoms with Gasteiger partial charge in [0.2, 0.25) is 0 Å². The SMILES string of the molecule is O=[N+]([O-])c1cccc(Cl)c1CNc1ncnc2nc[nH]c12. The van der Waals surface area contributed by atoms with Crippen LogP contribution in [0.25, 0.3) is 11.2 Å². The second kappa shape index (κ2) is 5.33. The normalized spacial score (nSPS) is 10.7. The number of nitrogens with one attached hydrogen (secondary N) is 2. The first-order valence-electron chi connectivity index (χ1n) is 5.96. The molecule has 0 atom stereocenters. The van der Waals surface area contributed by atoms with Gasteiger partial charge in [-0.1, -0.05) is 17.7 Å². The predicted molar refractivity (Wildman–Crippen MR) is 77.1 cm³/mol. The van der Waals surface area contributed by atoms with Crippen LogP contribution in [-0.2, 0) is 6.54 Å². The van der Waals surface area contributed by atoms with Gasteiger partial charge in [-0.15, -0.1) is 0 Å². The summed E-state index contributed by atoms with van der Waals surface area (Å²) in [7, 11) is 0. The van der Waals surface area contributed by atoms with Crippen molar-refractivity contribution in [3.63, 3.8) is 0 Å². The first-order chi connectivity index (χ1) is 10.2. The molecule has 1 aromatic carbocycles. The van der Waals surface area contributed by atoms with Gasteiger partial charge < -0.3 is 10.3 Å². The summed E-state index contributed by atoms with van der Waals surface area (Å²) in [5.41, 5.74) is 1.51. The molecule has 3 aromatic rings. The van der Waals surface area contributed by atoms with Gasteiger partial charge in [0, 0.05) is 12.6 Å². The standard InChI is InChI=1S/C12H9ClN6O2/c13-8-2-1-3-9(19(20)21)7(8)4-14-11-10-12(16-5-15-10)18-6-17-11/h1-3,5-6H,4H2,(H2,14,15,16,17,18). The van der Waals surface area contributed by atoms with Gasteiger partial charge in [-0.05, 0) is 6.07 Å². The Morgan fingerprint density at radius 2 is 2.19 bits per heavy atom. The summed E-state index contributed by atoms with van der Waals surface area (Å²) in [4.78, 5) is 25.6. The molecule has 0 saturated heterocycles. The van der Waals surface area contributed by atoms with Crippen LogP contribution >= 0.6 is 11.6 Å². The summed E-state index contributed by atoms with van der Waals surface area (Å²) >= 11 is 6.04. The molecule has 0 saturated carbocycles. The third kappa shape index (κ3) is 2.48. The van der Waals surface area contributed by atoms with Crippen molar-refractivity contribution >= 4 is 34.3 Å². The van der Waals surface area contributed by atoms with Gasteiger partial charge in [0.25, 0.3) is 5.69 Å². The monoisotopic (exact) mass is 304 g/mol. The van der Waals surface area contributed by atoms with Crippen molar-refractivity contribution in [1.29, 1.82) is 0 Å². The zero-order chi connectivity index (χ0) is 14.8. The van der Waals surface area contributed by atoms with Crippen LogP contribution in [0.3, 0.4) is 0 Å². The minimum atomic E-state index is -0.464. The quantitative estimate of drug-likeness (QED) is 0.566. The van der Waals surface area contributed by atoms with Crippen molar-refractivity contribution in [1.82, 2.24) is 19.9 Å². The molecule has 0 aliphatic carbocycles. The topological polar surface area (TPSA) is 110 Å². The Bertz CT molecular complexity index is 818. The third-order valence-corrected chi connectivity index (χ3v) is 3.30. The molecule has 2 aromatic heterocycles. The number of nitro groups is 1. The second-order valence-electron chi connectivity index (χ2n) is 4.17. The van der Waals surface area contributed by atoms with Crippen LogP contribution in [0.4, 0.5) is 11.5 Å². The van der Waals surface area contributed by atoms with Crippen molar-refractivity contribution in [2.24, 2.45) is 0 Å². The van der Waals surface area contributed by atoms with E-state index in [4.69, 9.17) is 11.6 Å². The summed E-state index contributed by atoms with van der Waals surface area (Å²) in [6, 6.07) is 4.56. The number of H-pyrrole nitrogens is 1. The van der Waals surface area contributed by atoms with Gasteiger partial charge >= 0.3 is 0 Å². The van der Waals surface area contributed by atoms with Crippen LogP contribution < -0.4 is 5.32 Å². The molecule has 106 valence electrons. The Kier molecular flexibility index (Phi) is 3.36. The van der Waals surface area contributed by atoms with Gasteiger partial charge in [0.1, 0.15) is 11.8 Å². The number of rotatable bonds is 4. The highest BCUT2D eigenvalue weighted by Gasteiger charge is 2.17. The van der Waals surface area contributed by atoms with Crippen LogP contribution in [0.5, 0.6) is 0 Å². The molecule has 0 spiro atoms. The lowest BCUT2D eigenvalue weighted by molar-refractivity contribution is -0.385. The second-order valence-corrected chi connectivity index (χ2v) is 4.58. The van der Waals surface area contributed by atoms with Gasteiger partial charge in [-0.3, -0.25) is 10.1 Å². The van der Waals surface area contributed by atoms with Crippen molar-refractivity contribution in [3.8, 4) is 0 Å². The van der Waals surface area contributed by atoms with Crippen LogP contribution in [0.15, 0.2) is 30.9 Å². The average molecular weight is 305 g/mol. The molecule has 8 nitrogen and oxygen atoms in total. The summed E-state index contributed by atoms with van der Waals surface area (Å²) in [6.07, 6.45) is 2.87. The molecule has 0 radical (unpaired) electrons. The van der Waals surface area contributed by atoms with E-state index in [0.717, 1.165) is 0 Å². The number of hydrogen-bond acceptors (Lipinski definition) is 6. The molecule has 0 unspecified atom stereocenters. The van der Waals surface area contributed by atoms with E-state index in [0.29, 0.717) is 27.6 Å². The van der Waals surface area contributed by atoms with E-state index in [-0.39, 0.29) is 12.2 Å². The van der Waals surface area contributed by atoms with Crippen molar-refractivity contribution in [2.45, 2.75) is 6.54 Å². The van der Waals surface area contributed by atoms with Gasteiger partial charge in [-0.2, -0.15) is 0 Å². The summed E-state index contributed by atoms with van der Waals surface area (Å²) < 4.78 is 0. The highest BCUT2D eigenvalue weighted by atomic mass is 35.5. The molecule has 0 bridgehead atoms. The Hall–Kier alpha value is -2.74. The average Bonchev–Trinajstić information content (AvgIpc) is 2.94. The van der Waals surface area contributed by atoms with E-state index in [9.17, 15) is 10.1 Å². The van der Waals surface area contributed by atoms with Crippen molar-refractivity contribution in [2.75, 3.05) is 5.32 Å². The fraction of sp³-hybridized carbons (Fsp3) is 0.0833. The lowest BCUT2D eigenvalue weighted by Crippen LogP contribution is -2.06. The molecule has 2 N–H and O–H groups in total. The highest BCUT2D eigenvalue weighted by Crippen LogP contribution is 2.27. The maximum Gasteiger partial charge on any atom is 0.275 e. The largest absolute Gasteiger partial charge is 0.364 e. The molecule has 9 heteroatoms. The van der Waals surface area contributed by atoms with Crippen LogP contribution in [-0.4, -0.2) is 24.9 Å². The smallest absolute Gasteiger partial charge is 0.275 e. The van der Waals surface area contributed by atoms with E-state index < -0.39 is 4.92 Å². The van der Waals surface area contributed by atoms with Crippen LogP contribution in [0, 0.1) is 10.1 Å². The summed E-state index contributed by atoms with van der Waals surface area (Å²) in [6.45, 7) is 0.168. The fourth-order valence-corrected chi connectivity index (χ4v) is 2.20. The molecule has 3 rings (SSSR count). The predicted octanol–water partition coefficient (Wildman–Crippen LogP) is 2.53. The van der Waals surface area contributed by atoms with E-state index >= 15 is 0 Å². The number of halogens is 1. The molecule has 0 aliphatic heterocycles. The van der Waals surface area contributed by atoms with Gasteiger partial charge in [0.05, 0.1) is 21.8 Å². The number of fused-ring (bicyclic) bond motifs is 1. The summed E-state index contributed by atoms with van der Waals surface area (Å²) in [5.74, 6) is 0.506. The van der Waals surface area contributed by atoms with E-state index in [2.05, 4.69) is 25.3 Å². The van der Waals surface area contributed by atoms with Crippen LogP contribution in [0.1, 0.15) is 5.56 Å². The first kappa shape index (κ1) is 13.3. The number of anilines is 1. The number of imidazole rings is 1. The van der Waals surface area contributed by atoms with Gasteiger partial charge in [0.15, 0.2) is 11.5 Å². The first-order valence-corrected chi connectivity index (χ1v) is 6.34. The lowest BCUT2D eigenvalue weighted by atomic mass is 10.2. The summed E-state index contributed by atoms with van der Waals surface area (Å²) in [5, 5.41) is 14.4. The number of aromatic nitrogens is 4. The number of hydrogen-bond donors (Lipinski definition) is 2. The highest BCUT2D eigenvalue weighted by molar-refractivity contribution is 6.31. The molecular formula is C12H9ClN6O2. The maximum atomic E-state index is 11.0. The zero-order valence-corrected chi connectivity index (χ0v) is 11.3. The van der Waals surface area contributed by atoms with E-state index in [1.807, 2.05) is 0 Å². The Morgan fingerprint density at radius 3 is 3.00 bits per heavy atom. The van der Waals surface area contributed by atoms with E-state index in [1.54, 1.807) is 12.1 Å². The zero-order valence-electron chi connectivity index (χ0n) is 10.6. The van der Waals surface area contributed by atoms with Crippen LogP contribution in [0.2, 0.25) is 5.02 Å². The minimum absolute atomic E-state index is 0.0371. The maximum absolute atomic E-state index is 11.0. The number of benzene rings is 1.